The van der Waals surface area contributed by atoms with E-state index >= 15 is 0 Å². The highest BCUT2D eigenvalue weighted by Gasteiger charge is 2.09. The molecule has 0 aliphatic rings. The predicted octanol–water partition coefficient (Wildman–Crippen LogP) is 2.52. The summed E-state index contributed by atoms with van der Waals surface area (Å²) in [4.78, 5) is 10.9. The quantitative estimate of drug-likeness (QED) is 0.803. The summed E-state index contributed by atoms with van der Waals surface area (Å²) >= 11 is 0. The Kier molecular flexibility index (Phi) is 4.50. The van der Waals surface area contributed by atoms with E-state index < -0.39 is 6.10 Å². The Labute approximate surface area is 96.5 Å². The molecule has 0 saturated carbocycles. The van der Waals surface area contributed by atoms with Gasteiger partial charge in [0.15, 0.2) is 0 Å². The molecular formula is C13H19NO2. The van der Waals surface area contributed by atoms with Crippen molar-refractivity contribution in [2.45, 2.75) is 39.3 Å². The molecule has 0 aliphatic carbocycles. The van der Waals surface area contributed by atoms with Gasteiger partial charge in [0.2, 0.25) is 0 Å². The Bertz CT molecular complexity index is 343. The smallest absolute Gasteiger partial charge is 0.132 e. The maximum Gasteiger partial charge on any atom is 0.132 e. The van der Waals surface area contributed by atoms with Crippen molar-refractivity contribution >= 4 is 11.5 Å². The normalized spacial score (nSPS) is 12.6. The lowest BCUT2D eigenvalue weighted by Gasteiger charge is -2.12. The Morgan fingerprint density at radius 2 is 1.88 bits per heavy atom. The third-order valence-corrected chi connectivity index (χ3v) is 2.23. The summed E-state index contributed by atoms with van der Waals surface area (Å²) < 4.78 is 0. The first-order chi connectivity index (χ1) is 7.49. The van der Waals surface area contributed by atoms with Crippen molar-refractivity contribution in [1.82, 2.24) is 0 Å². The number of nitrogens with one attached hydrogen (secondary N) is 1. The summed E-state index contributed by atoms with van der Waals surface area (Å²) in [5.41, 5.74) is 1.80. The molecule has 3 nitrogen and oxygen atoms in total. The van der Waals surface area contributed by atoms with Crippen molar-refractivity contribution in [1.29, 1.82) is 0 Å². The van der Waals surface area contributed by atoms with Gasteiger partial charge in [-0.2, -0.15) is 0 Å². The standard InChI is InChI=1S/C13H19NO2/c1-9(2)14-12-6-4-11(5-7-12)13(16)8-10(3)15/h4-7,9,13-14,16H,8H2,1-3H3/t13-/m1/s1. The summed E-state index contributed by atoms with van der Waals surface area (Å²) in [6, 6.07) is 7.90. The summed E-state index contributed by atoms with van der Waals surface area (Å²) in [5.74, 6) is -0.00289. The SMILES string of the molecule is CC(=O)C[C@@H](O)c1ccc(NC(C)C)cc1. The number of hydrogen-bond acceptors (Lipinski definition) is 3. The fraction of sp³-hybridized carbons (Fsp3) is 0.462. The van der Waals surface area contributed by atoms with Crippen LogP contribution in [0.15, 0.2) is 24.3 Å². The number of carbonyl (C=O) groups excluding carboxylic acids is 1. The van der Waals surface area contributed by atoms with Crippen molar-refractivity contribution in [3.63, 3.8) is 0 Å². The van der Waals surface area contributed by atoms with E-state index in [1.54, 1.807) is 0 Å². The second-order valence-corrected chi connectivity index (χ2v) is 4.34. The second-order valence-electron chi connectivity index (χ2n) is 4.34. The molecule has 16 heavy (non-hydrogen) atoms. The van der Waals surface area contributed by atoms with Gasteiger partial charge in [-0.15, -0.1) is 0 Å². The molecule has 88 valence electrons. The number of rotatable bonds is 5. The van der Waals surface area contributed by atoms with Crippen LogP contribution in [0.5, 0.6) is 0 Å². The average molecular weight is 221 g/mol. The first kappa shape index (κ1) is 12.7. The number of benzene rings is 1. The van der Waals surface area contributed by atoms with Crippen molar-refractivity contribution in [2.75, 3.05) is 5.32 Å². The van der Waals surface area contributed by atoms with Crippen molar-refractivity contribution in [3.8, 4) is 0 Å². The van der Waals surface area contributed by atoms with Crippen LogP contribution >= 0.6 is 0 Å². The molecule has 1 rings (SSSR count). The maximum absolute atomic E-state index is 10.9. The topological polar surface area (TPSA) is 49.3 Å². The molecule has 2 N–H and O–H groups in total. The molecule has 0 saturated heterocycles. The highest BCUT2D eigenvalue weighted by molar-refractivity contribution is 5.76. The Morgan fingerprint density at radius 1 is 1.31 bits per heavy atom. The third-order valence-electron chi connectivity index (χ3n) is 2.23. The van der Waals surface area contributed by atoms with Crippen LogP contribution in [-0.4, -0.2) is 16.9 Å². The van der Waals surface area contributed by atoms with E-state index in [1.165, 1.54) is 6.92 Å². The van der Waals surface area contributed by atoms with Crippen LogP contribution < -0.4 is 5.32 Å². The van der Waals surface area contributed by atoms with E-state index in [2.05, 4.69) is 19.2 Å². The Balaban J connectivity index is 2.66. The summed E-state index contributed by atoms with van der Waals surface area (Å²) in [7, 11) is 0. The predicted molar refractivity (Wildman–Crippen MR) is 65.5 cm³/mol. The van der Waals surface area contributed by atoms with Gasteiger partial charge in [-0.05, 0) is 38.5 Å². The molecule has 1 atom stereocenters. The monoisotopic (exact) mass is 221 g/mol. The summed E-state index contributed by atoms with van der Waals surface area (Å²) in [6.07, 6.45) is -0.512. The Hall–Kier alpha value is -1.35. The van der Waals surface area contributed by atoms with E-state index in [4.69, 9.17) is 0 Å². The fourth-order valence-corrected chi connectivity index (χ4v) is 1.52. The van der Waals surface area contributed by atoms with E-state index in [9.17, 15) is 9.90 Å². The van der Waals surface area contributed by atoms with Crippen LogP contribution in [0.2, 0.25) is 0 Å². The highest BCUT2D eigenvalue weighted by atomic mass is 16.3. The number of aliphatic hydroxyl groups excluding tert-OH is 1. The minimum Gasteiger partial charge on any atom is -0.388 e. The van der Waals surface area contributed by atoms with Gasteiger partial charge >= 0.3 is 0 Å². The van der Waals surface area contributed by atoms with Crippen LogP contribution in [0.4, 0.5) is 5.69 Å². The van der Waals surface area contributed by atoms with Gasteiger partial charge in [0, 0.05) is 18.2 Å². The van der Waals surface area contributed by atoms with E-state index in [0.29, 0.717) is 6.04 Å². The van der Waals surface area contributed by atoms with Gasteiger partial charge in [0.25, 0.3) is 0 Å². The van der Waals surface area contributed by atoms with Crippen molar-refractivity contribution in [3.05, 3.63) is 29.8 Å². The minimum absolute atomic E-state index is 0.00289. The molecule has 0 bridgehead atoms. The third kappa shape index (κ3) is 4.03. The van der Waals surface area contributed by atoms with Crippen molar-refractivity contribution in [2.24, 2.45) is 0 Å². The molecule has 0 aromatic heterocycles. The molecule has 3 heteroatoms. The number of aliphatic hydroxyl groups is 1. The average Bonchev–Trinajstić information content (AvgIpc) is 2.16. The summed E-state index contributed by atoms with van der Waals surface area (Å²) in [6.45, 7) is 5.62. The number of hydrogen-bond donors (Lipinski definition) is 2. The Morgan fingerprint density at radius 3 is 2.31 bits per heavy atom. The fourth-order valence-electron chi connectivity index (χ4n) is 1.52. The van der Waals surface area contributed by atoms with Crippen LogP contribution in [0, 0.1) is 0 Å². The summed E-state index contributed by atoms with van der Waals surface area (Å²) in [5, 5.41) is 13.0. The van der Waals surface area contributed by atoms with Crippen LogP contribution in [-0.2, 0) is 4.79 Å². The maximum atomic E-state index is 10.9. The molecule has 0 heterocycles. The lowest BCUT2D eigenvalue weighted by atomic mass is 10.0. The van der Waals surface area contributed by atoms with Gasteiger partial charge in [0.05, 0.1) is 6.10 Å². The molecule has 1 aromatic carbocycles. The lowest BCUT2D eigenvalue weighted by molar-refractivity contribution is -0.118. The first-order valence-corrected chi connectivity index (χ1v) is 5.53. The second kappa shape index (κ2) is 5.66. The molecule has 0 unspecified atom stereocenters. The number of Topliss-reactive ketones (excluding diaryl/α,β-unsaturated/α-hetero) is 1. The molecule has 0 radical (unpaired) electrons. The van der Waals surface area contributed by atoms with Crippen LogP contribution in [0.3, 0.4) is 0 Å². The van der Waals surface area contributed by atoms with Crippen LogP contribution in [0.25, 0.3) is 0 Å². The largest absolute Gasteiger partial charge is 0.388 e. The van der Waals surface area contributed by atoms with Crippen LogP contribution in [0.1, 0.15) is 38.9 Å². The molecular weight excluding hydrogens is 202 g/mol. The molecule has 0 fully saturated rings. The minimum atomic E-state index is -0.689. The molecule has 1 aromatic rings. The van der Waals surface area contributed by atoms with E-state index in [0.717, 1.165) is 11.3 Å². The molecule has 0 aliphatic heterocycles. The molecule has 0 amide bonds. The van der Waals surface area contributed by atoms with Crippen molar-refractivity contribution < 1.29 is 9.90 Å². The molecule has 0 spiro atoms. The highest BCUT2D eigenvalue weighted by Crippen LogP contribution is 2.19. The first-order valence-electron chi connectivity index (χ1n) is 5.53. The lowest BCUT2D eigenvalue weighted by Crippen LogP contribution is -2.09. The zero-order chi connectivity index (χ0) is 12.1. The van der Waals surface area contributed by atoms with Gasteiger partial charge < -0.3 is 10.4 Å². The van der Waals surface area contributed by atoms with E-state index in [-0.39, 0.29) is 12.2 Å². The van der Waals surface area contributed by atoms with Gasteiger partial charge in [-0.1, -0.05) is 12.1 Å². The number of anilines is 1. The zero-order valence-electron chi connectivity index (χ0n) is 10.0. The number of carbonyl (C=O) groups is 1. The van der Waals surface area contributed by atoms with E-state index in [1.807, 2.05) is 24.3 Å². The van der Waals surface area contributed by atoms with Gasteiger partial charge in [-0.3, -0.25) is 4.79 Å². The zero-order valence-corrected chi connectivity index (χ0v) is 10.0. The van der Waals surface area contributed by atoms with Gasteiger partial charge in [0.1, 0.15) is 5.78 Å². The number of ketones is 1. The van der Waals surface area contributed by atoms with Gasteiger partial charge in [-0.25, -0.2) is 0 Å².